The first-order valence-corrected chi connectivity index (χ1v) is 11.1. The Labute approximate surface area is 168 Å². The molecule has 0 aliphatic heterocycles. The van der Waals surface area contributed by atoms with E-state index in [2.05, 4.69) is 25.5 Å². The number of hydrogen-bond donors (Lipinski definition) is 2. The summed E-state index contributed by atoms with van der Waals surface area (Å²) in [6.45, 7) is 4.66. The summed E-state index contributed by atoms with van der Waals surface area (Å²) in [6, 6.07) is 7.27. The van der Waals surface area contributed by atoms with Crippen LogP contribution in [0.4, 0.5) is 0 Å². The molecule has 0 saturated heterocycles. The summed E-state index contributed by atoms with van der Waals surface area (Å²) in [6.07, 6.45) is 0.915. The van der Waals surface area contributed by atoms with Gasteiger partial charge in [-0.15, -0.1) is 10.2 Å². The lowest BCUT2D eigenvalue weighted by atomic mass is 10.2. The number of aromatic amines is 1. The third kappa shape index (κ3) is 5.30. The van der Waals surface area contributed by atoms with Crippen LogP contribution in [0.15, 0.2) is 37.7 Å². The van der Waals surface area contributed by atoms with E-state index in [0.29, 0.717) is 29.0 Å². The van der Waals surface area contributed by atoms with E-state index in [-0.39, 0.29) is 16.7 Å². The van der Waals surface area contributed by atoms with Crippen LogP contribution in [-0.4, -0.2) is 38.4 Å². The quantitative estimate of drug-likeness (QED) is 0.539. The molecule has 0 aliphatic rings. The molecule has 3 rings (SSSR count). The predicted molar refractivity (Wildman–Crippen MR) is 111 cm³/mol. The van der Waals surface area contributed by atoms with Gasteiger partial charge >= 0.3 is 0 Å². The monoisotopic (exact) mass is 421 g/mol. The van der Waals surface area contributed by atoms with Gasteiger partial charge in [0.1, 0.15) is 5.82 Å². The first kappa shape index (κ1) is 19.8. The number of benzene rings is 1. The van der Waals surface area contributed by atoms with Crippen LogP contribution in [0.25, 0.3) is 10.9 Å². The first-order chi connectivity index (χ1) is 13.1. The Morgan fingerprint density at radius 3 is 2.89 bits per heavy atom. The molecule has 0 aliphatic carbocycles. The number of amides is 1. The van der Waals surface area contributed by atoms with E-state index < -0.39 is 0 Å². The topological polar surface area (TPSA) is 101 Å². The number of para-hydroxylation sites is 1. The van der Waals surface area contributed by atoms with Crippen molar-refractivity contribution in [2.75, 3.05) is 12.3 Å². The molecular weight excluding hydrogens is 402 g/mol. The number of nitrogens with one attached hydrogen (secondary N) is 2. The highest BCUT2D eigenvalue weighted by molar-refractivity contribution is 8.03. The van der Waals surface area contributed by atoms with Gasteiger partial charge in [0.25, 0.3) is 5.56 Å². The number of fused-ring (bicyclic) bond motifs is 1. The minimum atomic E-state index is -0.144. The summed E-state index contributed by atoms with van der Waals surface area (Å²) < 4.78 is 1.52. The van der Waals surface area contributed by atoms with Gasteiger partial charge in [-0.05, 0) is 25.5 Å². The fourth-order valence-electron chi connectivity index (χ4n) is 2.25. The number of carbonyl (C=O) groups excluding carboxylic acids is 1. The average molecular weight is 422 g/mol. The Morgan fingerprint density at radius 1 is 1.30 bits per heavy atom. The maximum absolute atomic E-state index is 12.2. The van der Waals surface area contributed by atoms with Gasteiger partial charge in [-0.2, -0.15) is 0 Å². The molecule has 2 N–H and O–H groups in total. The molecule has 7 nitrogen and oxygen atoms in total. The van der Waals surface area contributed by atoms with Crippen molar-refractivity contribution in [3.63, 3.8) is 0 Å². The van der Waals surface area contributed by atoms with Crippen LogP contribution in [0.3, 0.4) is 0 Å². The van der Waals surface area contributed by atoms with Crippen LogP contribution >= 0.6 is 34.9 Å². The third-order valence-electron chi connectivity index (χ3n) is 3.58. The summed E-state index contributed by atoms with van der Waals surface area (Å²) >= 11 is 4.29. The number of nitrogens with zero attached hydrogens (tertiary/aromatic N) is 3. The number of thioether (sulfide) groups is 2. The van der Waals surface area contributed by atoms with Crippen molar-refractivity contribution in [1.82, 2.24) is 25.5 Å². The van der Waals surface area contributed by atoms with Gasteiger partial charge in [0.05, 0.1) is 21.9 Å². The van der Waals surface area contributed by atoms with Crippen LogP contribution in [0, 0.1) is 0 Å². The zero-order valence-electron chi connectivity index (χ0n) is 14.9. The molecule has 1 amide bonds. The summed E-state index contributed by atoms with van der Waals surface area (Å²) in [7, 11) is 0. The number of H-pyrrole nitrogens is 1. The molecule has 0 radical (unpaired) electrons. The third-order valence-corrected chi connectivity index (χ3v) is 6.83. The van der Waals surface area contributed by atoms with E-state index in [0.717, 1.165) is 15.1 Å². The molecule has 0 spiro atoms. The highest BCUT2D eigenvalue weighted by atomic mass is 32.2. The fraction of sp³-hybridized carbons (Fsp3) is 0.353. The zero-order valence-corrected chi connectivity index (χ0v) is 17.3. The summed E-state index contributed by atoms with van der Waals surface area (Å²) in [5.41, 5.74) is 0.532. The maximum atomic E-state index is 12.2. The van der Waals surface area contributed by atoms with Gasteiger partial charge in [0, 0.05) is 6.54 Å². The van der Waals surface area contributed by atoms with Crippen LogP contribution < -0.4 is 10.9 Å². The van der Waals surface area contributed by atoms with Crippen molar-refractivity contribution in [3.8, 4) is 0 Å². The molecule has 1 atom stereocenters. The van der Waals surface area contributed by atoms with E-state index in [1.807, 2.05) is 32.0 Å². The highest BCUT2D eigenvalue weighted by Gasteiger charge is 2.16. The van der Waals surface area contributed by atoms with Gasteiger partial charge in [-0.25, -0.2) is 4.98 Å². The van der Waals surface area contributed by atoms with Gasteiger partial charge in [0.2, 0.25) is 5.91 Å². The van der Waals surface area contributed by atoms with E-state index in [1.165, 1.54) is 34.9 Å². The molecule has 0 fully saturated rings. The average Bonchev–Trinajstić information content (AvgIpc) is 3.12. The van der Waals surface area contributed by atoms with Crippen LogP contribution in [0.5, 0.6) is 0 Å². The van der Waals surface area contributed by atoms with Gasteiger partial charge in [-0.3, -0.25) is 9.59 Å². The Kier molecular flexibility index (Phi) is 6.86. The van der Waals surface area contributed by atoms with Crippen molar-refractivity contribution in [1.29, 1.82) is 0 Å². The van der Waals surface area contributed by atoms with Gasteiger partial charge in [-0.1, -0.05) is 53.9 Å². The van der Waals surface area contributed by atoms with Crippen molar-refractivity contribution >= 4 is 51.7 Å². The summed E-state index contributed by atoms with van der Waals surface area (Å²) in [5.74, 6) is 0.929. The molecular formula is C17H19N5O2S3. The lowest BCUT2D eigenvalue weighted by molar-refractivity contribution is -0.118. The fourth-order valence-corrected chi connectivity index (χ4v) is 5.30. The van der Waals surface area contributed by atoms with E-state index in [4.69, 9.17) is 0 Å². The van der Waals surface area contributed by atoms with Crippen molar-refractivity contribution in [3.05, 3.63) is 40.4 Å². The minimum absolute atomic E-state index is 0.00226. The van der Waals surface area contributed by atoms with Crippen LogP contribution in [0.1, 0.15) is 31.3 Å². The minimum Gasteiger partial charge on any atom is -0.355 e. The van der Waals surface area contributed by atoms with Crippen molar-refractivity contribution in [2.24, 2.45) is 0 Å². The Morgan fingerprint density at radius 2 is 2.07 bits per heavy atom. The lowest BCUT2D eigenvalue weighted by Crippen LogP contribution is -2.25. The Hall–Kier alpha value is -1.91. The zero-order chi connectivity index (χ0) is 19.2. The largest absolute Gasteiger partial charge is 0.355 e. The Bertz CT molecular complexity index is 988. The van der Waals surface area contributed by atoms with E-state index in [1.54, 1.807) is 6.07 Å². The number of carbonyl (C=O) groups is 1. The van der Waals surface area contributed by atoms with E-state index in [9.17, 15) is 9.59 Å². The second-order valence-electron chi connectivity index (χ2n) is 5.70. The van der Waals surface area contributed by atoms with Gasteiger partial charge in [0.15, 0.2) is 8.68 Å². The molecule has 0 saturated carbocycles. The number of hydrogen-bond acceptors (Lipinski definition) is 8. The number of rotatable bonds is 8. The molecule has 10 heteroatoms. The van der Waals surface area contributed by atoms with E-state index >= 15 is 0 Å². The highest BCUT2D eigenvalue weighted by Crippen LogP contribution is 2.36. The second-order valence-corrected chi connectivity index (χ2v) is 9.49. The summed E-state index contributed by atoms with van der Waals surface area (Å²) in [5, 5.41) is 11.6. The normalized spacial score (nSPS) is 12.2. The molecule has 142 valence electrons. The molecule has 2 heterocycles. The Balaban J connectivity index is 1.63. The lowest BCUT2D eigenvalue weighted by Gasteiger charge is -2.08. The first-order valence-electron chi connectivity index (χ1n) is 8.45. The second kappa shape index (κ2) is 9.34. The SMILES string of the molecule is CCCNC(=O)CSc1nnc(SC(C)c2nc3ccccc3c(=O)[nH]2)s1. The molecule has 2 aromatic heterocycles. The maximum Gasteiger partial charge on any atom is 0.258 e. The number of aromatic nitrogens is 4. The summed E-state index contributed by atoms with van der Waals surface area (Å²) in [4.78, 5) is 31.3. The van der Waals surface area contributed by atoms with Crippen LogP contribution in [-0.2, 0) is 4.79 Å². The van der Waals surface area contributed by atoms with Gasteiger partial charge < -0.3 is 10.3 Å². The molecule has 3 aromatic rings. The smallest absolute Gasteiger partial charge is 0.258 e. The van der Waals surface area contributed by atoms with Crippen molar-refractivity contribution in [2.45, 2.75) is 34.2 Å². The van der Waals surface area contributed by atoms with Crippen molar-refractivity contribution < 1.29 is 4.79 Å². The van der Waals surface area contributed by atoms with Crippen LogP contribution in [0.2, 0.25) is 0 Å². The molecule has 1 aromatic carbocycles. The standard InChI is InChI=1S/C17H19N5O2S3/c1-3-8-18-13(23)9-25-16-21-22-17(27-16)26-10(2)14-19-12-7-5-4-6-11(12)15(24)20-14/h4-7,10H,3,8-9H2,1-2H3,(H,18,23)(H,19,20,24). The molecule has 0 bridgehead atoms. The molecule has 1 unspecified atom stereocenters. The molecule has 27 heavy (non-hydrogen) atoms. The predicted octanol–water partition coefficient (Wildman–Crippen LogP) is 3.25.